The van der Waals surface area contributed by atoms with Crippen LogP contribution in [0.15, 0.2) is 83.3 Å². The minimum atomic E-state index is -5.68. The molecular formula is C28H22F6N6S. The Bertz CT molecular complexity index is 1590. The molecule has 0 bridgehead atoms. The normalized spacial score (nSPS) is 15.2. The third kappa shape index (κ3) is 5.85. The summed E-state index contributed by atoms with van der Waals surface area (Å²) in [5.41, 5.74) is 2.32. The lowest BCUT2D eigenvalue weighted by molar-refractivity contribution is -0.289. The average molecular weight is 589 g/mol. The van der Waals surface area contributed by atoms with Crippen molar-refractivity contribution in [1.82, 2.24) is 14.8 Å². The first kappa shape index (κ1) is 28.4. The van der Waals surface area contributed by atoms with Crippen molar-refractivity contribution in [3.63, 3.8) is 0 Å². The van der Waals surface area contributed by atoms with Gasteiger partial charge in [0.05, 0.1) is 23.5 Å². The second-order valence-corrected chi connectivity index (χ2v) is 10.4. The summed E-state index contributed by atoms with van der Waals surface area (Å²) in [6, 6.07) is 15.5. The van der Waals surface area contributed by atoms with Crippen molar-refractivity contribution in [2.75, 3.05) is 10.8 Å². The summed E-state index contributed by atoms with van der Waals surface area (Å²) >= 11 is 1.51. The number of hydrogen-bond donors (Lipinski definition) is 0. The van der Waals surface area contributed by atoms with Crippen molar-refractivity contribution in [3.8, 4) is 17.1 Å². The zero-order valence-electron chi connectivity index (χ0n) is 21.6. The lowest BCUT2D eigenvalue weighted by Crippen LogP contribution is -2.39. The average Bonchev–Trinajstić information content (AvgIpc) is 3.40. The van der Waals surface area contributed by atoms with Gasteiger partial charge in [0.2, 0.25) is 0 Å². The quantitative estimate of drug-likeness (QED) is 0.126. The third-order valence-electron chi connectivity index (χ3n) is 6.32. The summed E-state index contributed by atoms with van der Waals surface area (Å²) < 4.78 is 80.1. The van der Waals surface area contributed by atoms with Crippen LogP contribution in [0.4, 0.5) is 32.0 Å². The Kier molecular flexibility index (Phi) is 7.64. The number of alkyl halides is 5. The van der Waals surface area contributed by atoms with E-state index in [1.165, 1.54) is 34.9 Å². The SMILES string of the molecule is CC(C)c1ccc(F)cc1N1CSC1=NN=Cc1ccc(-c2ncn(-c3ccc(C(F)(F)C(F)(F)F)cc3)n2)cc1. The van der Waals surface area contributed by atoms with Crippen LogP contribution in [0, 0.1) is 5.82 Å². The molecule has 212 valence electrons. The van der Waals surface area contributed by atoms with Crippen molar-refractivity contribution >= 4 is 28.8 Å². The lowest BCUT2D eigenvalue weighted by Gasteiger charge is -2.35. The summed E-state index contributed by atoms with van der Waals surface area (Å²) in [7, 11) is 0. The van der Waals surface area contributed by atoms with E-state index in [-0.39, 0.29) is 17.4 Å². The molecule has 0 aliphatic carbocycles. The number of hydrogen-bond acceptors (Lipinski definition) is 5. The minimum Gasteiger partial charge on any atom is -0.309 e. The fourth-order valence-corrected chi connectivity index (χ4v) is 4.77. The number of thioether (sulfide) groups is 1. The predicted molar refractivity (Wildman–Crippen MR) is 147 cm³/mol. The smallest absolute Gasteiger partial charge is 0.309 e. The fraction of sp³-hybridized carbons (Fsp3) is 0.214. The van der Waals surface area contributed by atoms with Crippen LogP contribution in [0.1, 0.15) is 36.5 Å². The zero-order chi connectivity index (χ0) is 29.4. The molecule has 1 aliphatic rings. The summed E-state index contributed by atoms with van der Waals surface area (Å²) in [5, 5.41) is 13.4. The molecule has 1 aromatic heterocycles. The predicted octanol–water partition coefficient (Wildman–Crippen LogP) is 7.75. The molecule has 1 aliphatic heterocycles. The molecule has 5 rings (SSSR count). The van der Waals surface area contributed by atoms with Crippen LogP contribution in [-0.2, 0) is 5.92 Å². The van der Waals surface area contributed by atoms with Crippen molar-refractivity contribution in [1.29, 1.82) is 0 Å². The Labute approximate surface area is 235 Å². The van der Waals surface area contributed by atoms with Gasteiger partial charge in [-0.25, -0.2) is 14.1 Å². The first-order chi connectivity index (χ1) is 19.4. The molecule has 0 saturated carbocycles. The molecular weight excluding hydrogens is 566 g/mol. The monoisotopic (exact) mass is 588 g/mol. The van der Waals surface area contributed by atoms with E-state index in [1.54, 1.807) is 36.5 Å². The number of halogens is 6. The maximum atomic E-state index is 13.9. The fourth-order valence-electron chi connectivity index (χ4n) is 4.05. The molecule has 0 radical (unpaired) electrons. The molecule has 0 atom stereocenters. The van der Waals surface area contributed by atoms with Crippen LogP contribution < -0.4 is 4.90 Å². The van der Waals surface area contributed by atoms with Gasteiger partial charge in [0, 0.05) is 11.1 Å². The Balaban J connectivity index is 1.26. The second-order valence-electron chi connectivity index (χ2n) is 9.44. The highest BCUT2D eigenvalue weighted by Gasteiger charge is 2.58. The van der Waals surface area contributed by atoms with Crippen LogP contribution in [-0.4, -0.2) is 38.2 Å². The first-order valence-electron chi connectivity index (χ1n) is 12.3. The van der Waals surface area contributed by atoms with Crippen molar-refractivity contribution in [2.24, 2.45) is 10.2 Å². The summed E-state index contributed by atoms with van der Waals surface area (Å²) in [5.74, 6) is -4.07. The van der Waals surface area contributed by atoms with Gasteiger partial charge in [0.15, 0.2) is 11.0 Å². The molecule has 1 fully saturated rings. The second kappa shape index (κ2) is 11.0. The Morgan fingerprint density at radius 2 is 1.66 bits per heavy atom. The standard InChI is InChI=1S/C28H22F6N6S/c1-17(2)23-12-9-21(29)13-24(23)39-16-41-26(39)37-36-14-18-3-5-19(6-4-18)25-35-15-40(38-25)22-10-7-20(8-11-22)27(30,31)28(32,33)34/h3-15,17H,16H2,1-2H3. The van der Waals surface area contributed by atoms with Gasteiger partial charge in [0.25, 0.3) is 0 Å². The number of benzene rings is 3. The maximum absolute atomic E-state index is 13.9. The van der Waals surface area contributed by atoms with Crippen molar-refractivity contribution in [2.45, 2.75) is 31.9 Å². The molecule has 13 heteroatoms. The molecule has 0 N–H and O–H groups in total. The number of amidine groups is 1. The van der Waals surface area contributed by atoms with Gasteiger partial charge < -0.3 is 4.90 Å². The number of aromatic nitrogens is 3. The molecule has 0 spiro atoms. The number of nitrogens with zero attached hydrogens (tertiary/aromatic N) is 6. The molecule has 0 amide bonds. The number of rotatable bonds is 7. The maximum Gasteiger partial charge on any atom is 0.458 e. The Hall–Kier alpha value is -4.13. The lowest BCUT2D eigenvalue weighted by atomic mass is 10.0. The molecule has 0 unspecified atom stereocenters. The highest BCUT2D eigenvalue weighted by Crippen LogP contribution is 2.44. The first-order valence-corrected chi connectivity index (χ1v) is 13.3. The van der Waals surface area contributed by atoms with Gasteiger partial charge in [-0.1, -0.05) is 68.1 Å². The van der Waals surface area contributed by atoms with Gasteiger partial charge >= 0.3 is 12.1 Å². The van der Waals surface area contributed by atoms with Crippen molar-refractivity contribution < 1.29 is 26.3 Å². The van der Waals surface area contributed by atoms with Crippen molar-refractivity contribution in [3.05, 3.63) is 95.6 Å². The van der Waals surface area contributed by atoms with Crippen LogP contribution in [0.25, 0.3) is 17.1 Å². The van der Waals surface area contributed by atoms with E-state index in [2.05, 4.69) is 20.3 Å². The van der Waals surface area contributed by atoms with Gasteiger partial charge in [-0.05, 0) is 41.3 Å². The molecule has 1 saturated heterocycles. The van der Waals surface area contributed by atoms with E-state index < -0.39 is 17.7 Å². The van der Waals surface area contributed by atoms with E-state index in [9.17, 15) is 26.3 Å². The highest BCUT2D eigenvalue weighted by molar-refractivity contribution is 8.16. The van der Waals surface area contributed by atoms with Gasteiger partial charge in [-0.3, -0.25) is 0 Å². The van der Waals surface area contributed by atoms with E-state index in [4.69, 9.17) is 0 Å². The Morgan fingerprint density at radius 3 is 2.27 bits per heavy atom. The van der Waals surface area contributed by atoms with E-state index in [0.29, 0.717) is 34.6 Å². The molecule has 6 nitrogen and oxygen atoms in total. The molecule has 2 heterocycles. The van der Waals surface area contributed by atoms with Gasteiger partial charge in [0.1, 0.15) is 12.1 Å². The molecule has 3 aromatic carbocycles. The summed E-state index contributed by atoms with van der Waals surface area (Å²) in [6.07, 6.45) is -2.77. The molecule has 4 aromatic rings. The largest absolute Gasteiger partial charge is 0.458 e. The number of anilines is 1. The van der Waals surface area contributed by atoms with E-state index >= 15 is 0 Å². The topological polar surface area (TPSA) is 58.7 Å². The summed E-state index contributed by atoms with van der Waals surface area (Å²) in [6.45, 7) is 4.09. The minimum absolute atomic E-state index is 0.220. The van der Waals surface area contributed by atoms with Gasteiger partial charge in [-0.2, -0.15) is 27.1 Å². The summed E-state index contributed by atoms with van der Waals surface area (Å²) in [4.78, 5) is 6.12. The van der Waals surface area contributed by atoms with Crippen LogP contribution >= 0.6 is 11.8 Å². The van der Waals surface area contributed by atoms with Crippen LogP contribution in [0.3, 0.4) is 0 Å². The van der Waals surface area contributed by atoms with Crippen LogP contribution in [0.5, 0.6) is 0 Å². The van der Waals surface area contributed by atoms with Gasteiger partial charge in [-0.15, -0.1) is 10.2 Å². The van der Waals surface area contributed by atoms with E-state index in [0.717, 1.165) is 28.9 Å². The zero-order valence-corrected chi connectivity index (χ0v) is 22.5. The van der Waals surface area contributed by atoms with Crippen LogP contribution in [0.2, 0.25) is 0 Å². The Morgan fingerprint density at radius 1 is 0.951 bits per heavy atom. The third-order valence-corrected chi connectivity index (χ3v) is 7.27. The highest BCUT2D eigenvalue weighted by atomic mass is 32.2. The molecule has 41 heavy (non-hydrogen) atoms. The van der Waals surface area contributed by atoms with E-state index in [1.807, 2.05) is 18.7 Å².